The van der Waals surface area contributed by atoms with Crippen LogP contribution in [0.3, 0.4) is 0 Å². The third-order valence-electron chi connectivity index (χ3n) is 5.48. The Morgan fingerprint density at radius 2 is 2.11 bits per heavy atom. The van der Waals surface area contributed by atoms with Crippen LogP contribution in [0.15, 0.2) is 29.3 Å². The summed E-state index contributed by atoms with van der Waals surface area (Å²) in [5.74, 6) is 1.64. The molecule has 2 atom stereocenters. The fourth-order valence-corrected chi connectivity index (χ4v) is 5.34. The van der Waals surface area contributed by atoms with Crippen molar-refractivity contribution in [1.82, 2.24) is 19.9 Å². The lowest BCUT2D eigenvalue weighted by molar-refractivity contribution is 0.509. The van der Waals surface area contributed by atoms with Crippen molar-refractivity contribution >= 4 is 38.4 Å². The zero-order valence-electron chi connectivity index (χ0n) is 15.3. The van der Waals surface area contributed by atoms with Gasteiger partial charge in [-0.15, -0.1) is 11.3 Å². The first kappa shape index (κ1) is 16.5. The zero-order chi connectivity index (χ0) is 18.5. The largest absolute Gasteiger partial charge is 0.363 e. The number of aromatic nitrogens is 4. The van der Waals surface area contributed by atoms with Gasteiger partial charge in [0.1, 0.15) is 17.0 Å². The van der Waals surface area contributed by atoms with Crippen molar-refractivity contribution < 1.29 is 0 Å². The molecule has 0 aliphatic heterocycles. The molecule has 138 valence electrons. The Morgan fingerprint density at radius 1 is 1.26 bits per heavy atom. The molecule has 1 aromatic carbocycles. The molecule has 1 aliphatic carbocycles. The molecule has 0 bridgehead atoms. The van der Waals surface area contributed by atoms with Crippen LogP contribution in [-0.2, 0) is 12.8 Å². The second-order valence-electron chi connectivity index (χ2n) is 7.50. The summed E-state index contributed by atoms with van der Waals surface area (Å²) in [6.07, 6.45) is 5.11. The molecule has 27 heavy (non-hydrogen) atoms. The van der Waals surface area contributed by atoms with Gasteiger partial charge in [-0.3, -0.25) is 0 Å². The molecule has 0 fully saturated rings. The number of nitrogens with one attached hydrogen (secondary N) is 3. The smallest absolute Gasteiger partial charge is 0.323 e. The maximum atomic E-state index is 11.5. The first-order valence-electron chi connectivity index (χ1n) is 9.32. The highest BCUT2D eigenvalue weighted by Gasteiger charge is 2.23. The number of anilines is 1. The number of H-pyrrole nitrogens is 2. The van der Waals surface area contributed by atoms with E-state index in [1.54, 1.807) is 6.33 Å². The highest BCUT2D eigenvalue weighted by Crippen LogP contribution is 2.40. The first-order chi connectivity index (χ1) is 13.1. The molecule has 0 spiro atoms. The summed E-state index contributed by atoms with van der Waals surface area (Å²) >= 11 is 1.81. The summed E-state index contributed by atoms with van der Waals surface area (Å²) in [5.41, 5.74) is 3.98. The highest BCUT2D eigenvalue weighted by molar-refractivity contribution is 7.19. The Morgan fingerprint density at radius 3 is 3.00 bits per heavy atom. The number of fused-ring (bicyclic) bond motifs is 4. The van der Waals surface area contributed by atoms with E-state index in [-0.39, 0.29) is 11.7 Å². The van der Waals surface area contributed by atoms with Crippen LogP contribution in [0.5, 0.6) is 0 Å². The molecule has 0 saturated carbocycles. The van der Waals surface area contributed by atoms with Crippen LogP contribution in [0.2, 0.25) is 0 Å². The zero-order valence-corrected chi connectivity index (χ0v) is 16.1. The molecule has 0 amide bonds. The van der Waals surface area contributed by atoms with Crippen LogP contribution in [0.1, 0.15) is 42.3 Å². The molecule has 1 aliphatic rings. The summed E-state index contributed by atoms with van der Waals surface area (Å²) in [6, 6.07) is 6.04. The van der Waals surface area contributed by atoms with E-state index in [4.69, 9.17) is 0 Å². The van der Waals surface area contributed by atoms with Gasteiger partial charge in [0.25, 0.3) is 0 Å². The minimum absolute atomic E-state index is 0.0592. The van der Waals surface area contributed by atoms with Gasteiger partial charge in [0.15, 0.2) is 0 Å². The van der Waals surface area contributed by atoms with Gasteiger partial charge in [-0.25, -0.2) is 14.8 Å². The second kappa shape index (κ2) is 6.20. The summed E-state index contributed by atoms with van der Waals surface area (Å²) in [6.45, 7) is 4.43. The minimum atomic E-state index is -0.181. The molecule has 5 rings (SSSR count). The topological polar surface area (TPSA) is 86.5 Å². The van der Waals surface area contributed by atoms with Crippen LogP contribution < -0.4 is 11.0 Å². The van der Waals surface area contributed by atoms with Gasteiger partial charge in [-0.05, 0) is 55.4 Å². The lowest BCUT2D eigenvalue weighted by atomic mass is 9.89. The van der Waals surface area contributed by atoms with E-state index in [2.05, 4.69) is 39.1 Å². The number of aromatic amines is 2. The van der Waals surface area contributed by atoms with Gasteiger partial charge in [0.05, 0.1) is 22.5 Å². The van der Waals surface area contributed by atoms with Gasteiger partial charge >= 0.3 is 5.69 Å². The third-order valence-corrected chi connectivity index (χ3v) is 6.65. The van der Waals surface area contributed by atoms with Gasteiger partial charge in [-0.2, -0.15) is 0 Å². The standard InChI is InChI=1S/C20H21N5OS/c1-10-3-5-13-16(7-10)27-19-17(13)18(21-9-22-19)23-11(2)12-4-6-14-15(8-12)25-20(26)24-14/h4,6,8-11H,3,5,7H2,1-2H3,(H,21,22,23)(H2,24,25,26)/t10-,11-/m0/s1. The van der Waals surface area contributed by atoms with E-state index in [0.29, 0.717) is 0 Å². The van der Waals surface area contributed by atoms with E-state index in [0.717, 1.165) is 46.0 Å². The molecule has 3 aromatic heterocycles. The van der Waals surface area contributed by atoms with Crippen molar-refractivity contribution in [2.24, 2.45) is 5.92 Å². The Labute approximate surface area is 160 Å². The van der Waals surface area contributed by atoms with Gasteiger partial charge in [-0.1, -0.05) is 13.0 Å². The number of imidazole rings is 1. The monoisotopic (exact) mass is 379 g/mol. The van der Waals surface area contributed by atoms with E-state index in [1.165, 1.54) is 22.2 Å². The van der Waals surface area contributed by atoms with Crippen LogP contribution >= 0.6 is 11.3 Å². The molecule has 0 radical (unpaired) electrons. The fraction of sp³-hybridized carbons (Fsp3) is 0.350. The lowest BCUT2D eigenvalue weighted by Gasteiger charge is -2.19. The molecule has 3 N–H and O–H groups in total. The number of hydrogen-bond donors (Lipinski definition) is 3. The Balaban J connectivity index is 1.52. The number of rotatable bonds is 3. The quantitative estimate of drug-likeness (QED) is 0.499. The normalized spacial score (nSPS) is 17.9. The van der Waals surface area contributed by atoms with Gasteiger partial charge in [0.2, 0.25) is 0 Å². The third kappa shape index (κ3) is 2.82. The summed E-state index contributed by atoms with van der Waals surface area (Å²) in [7, 11) is 0. The minimum Gasteiger partial charge on any atom is -0.363 e. The number of thiophene rings is 1. The van der Waals surface area contributed by atoms with E-state index >= 15 is 0 Å². The van der Waals surface area contributed by atoms with Crippen LogP contribution in [0, 0.1) is 5.92 Å². The van der Waals surface area contributed by atoms with Crippen molar-refractivity contribution in [3.05, 3.63) is 51.0 Å². The summed E-state index contributed by atoms with van der Waals surface area (Å²) in [5, 5.41) is 4.76. The maximum absolute atomic E-state index is 11.5. The molecular formula is C20H21N5OS. The van der Waals surface area contributed by atoms with Crippen molar-refractivity contribution in [3.8, 4) is 0 Å². The predicted octanol–water partition coefficient (Wildman–Crippen LogP) is 4.16. The van der Waals surface area contributed by atoms with Gasteiger partial charge in [0, 0.05) is 4.88 Å². The fourth-order valence-electron chi connectivity index (χ4n) is 3.99. The van der Waals surface area contributed by atoms with E-state index < -0.39 is 0 Å². The van der Waals surface area contributed by atoms with Crippen molar-refractivity contribution in [2.45, 2.75) is 39.2 Å². The van der Waals surface area contributed by atoms with Crippen LogP contribution in [0.25, 0.3) is 21.3 Å². The van der Waals surface area contributed by atoms with E-state index in [1.807, 2.05) is 29.5 Å². The molecule has 0 unspecified atom stereocenters. The highest BCUT2D eigenvalue weighted by atomic mass is 32.1. The Bertz CT molecular complexity index is 1200. The number of benzene rings is 1. The number of aryl methyl sites for hydroxylation is 1. The molecule has 0 saturated heterocycles. The first-order valence-corrected chi connectivity index (χ1v) is 10.1. The number of hydrogen-bond acceptors (Lipinski definition) is 5. The Kier molecular flexibility index (Phi) is 3.79. The molecule has 4 aromatic rings. The second-order valence-corrected chi connectivity index (χ2v) is 8.59. The summed E-state index contributed by atoms with van der Waals surface area (Å²) in [4.78, 5) is 28.7. The number of nitrogens with zero attached hydrogens (tertiary/aromatic N) is 2. The maximum Gasteiger partial charge on any atom is 0.323 e. The van der Waals surface area contributed by atoms with Crippen molar-refractivity contribution in [2.75, 3.05) is 5.32 Å². The average molecular weight is 379 g/mol. The molecular weight excluding hydrogens is 358 g/mol. The average Bonchev–Trinajstić information content (AvgIpc) is 3.19. The van der Waals surface area contributed by atoms with Crippen LogP contribution in [-0.4, -0.2) is 19.9 Å². The van der Waals surface area contributed by atoms with Gasteiger partial charge < -0.3 is 15.3 Å². The SMILES string of the molecule is C[C@H]1CCc2c(sc3ncnc(N[C@@H](C)c4ccc5[nH]c(=O)[nH]c5c4)c23)C1. The van der Waals surface area contributed by atoms with Crippen LogP contribution in [0.4, 0.5) is 5.82 Å². The lowest BCUT2D eigenvalue weighted by Crippen LogP contribution is -2.11. The Hall–Kier alpha value is -2.67. The van der Waals surface area contributed by atoms with E-state index in [9.17, 15) is 4.79 Å². The molecule has 6 nitrogen and oxygen atoms in total. The molecule has 7 heteroatoms. The van der Waals surface area contributed by atoms with Crippen molar-refractivity contribution in [1.29, 1.82) is 0 Å². The van der Waals surface area contributed by atoms with Crippen molar-refractivity contribution in [3.63, 3.8) is 0 Å². The predicted molar refractivity (Wildman–Crippen MR) is 110 cm³/mol. The molecule has 3 heterocycles. The summed E-state index contributed by atoms with van der Waals surface area (Å²) < 4.78 is 0.